The van der Waals surface area contributed by atoms with E-state index in [-0.39, 0.29) is 18.4 Å². The largest absolute Gasteiger partial charge is 0.481 e. The number of benzene rings is 2. The molecule has 1 aliphatic carbocycles. The van der Waals surface area contributed by atoms with Crippen molar-refractivity contribution in [3.8, 4) is 0 Å². The number of carbonyl (C=O) groups excluding carboxylic acids is 2. The Morgan fingerprint density at radius 2 is 1.74 bits per heavy atom. The van der Waals surface area contributed by atoms with Gasteiger partial charge in [0.2, 0.25) is 0 Å². The van der Waals surface area contributed by atoms with Gasteiger partial charge in [0.15, 0.2) is 0 Å². The summed E-state index contributed by atoms with van der Waals surface area (Å²) in [5, 5.41) is 13.7. The molecule has 204 valence electrons. The van der Waals surface area contributed by atoms with E-state index >= 15 is 0 Å². The molecular formula is C26H27F4N3O5. The van der Waals surface area contributed by atoms with E-state index < -0.39 is 41.3 Å². The van der Waals surface area contributed by atoms with Crippen LogP contribution in [0.25, 0.3) is 0 Å². The fourth-order valence-electron chi connectivity index (χ4n) is 4.78. The predicted octanol–water partition coefficient (Wildman–Crippen LogP) is 6.02. The quantitative estimate of drug-likeness (QED) is 0.405. The topological polar surface area (TPSA) is 108 Å². The molecule has 0 spiro atoms. The fraction of sp³-hybridized carbons (Fsp3) is 0.423. The summed E-state index contributed by atoms with van der Waals surface area (Å²) < 4.78 is 57.8. The zero-order valence-electron chi connectivity index (χ0n) is 20.3. The molecule has 0 atom stereocenters. The number of hydrogen-bond acceptors (Lipinski definition) is 4. The number of carbonyl (C=O) groups is 3. The number of carboxylic acid groups (broad SMARTS) is 1. The van der Waals surface area contributed by atoms with Gasteiger partial charge in [-0.2, -0.15) is 13.2 Å². The Hall–Kier alpha value is -3.83. The number of ether oxygens (including phenoxy) is 1. The molecular weight excluding hydrogens is 510 g/mol. The van der Waals surface area contributed by atoms with Crippen molar-refractivity contribution < 1.29 is 41.8 Å². The Kier molecular flexibility index (Phi) is 8.08. The highest BCUT2D eigenvalue weighted by Gasteiger charge is 2.31. The summed E-state index contributed by atoms with van der Waals surface area (Å²) in [6.07, 6.45) is -1.99. The zero-order chi connectivity index (χ0) is 27.4. The smallest absolute Gasteiger partial charge is 0.416 e. The lowest BCUT2D eigenvalue weighted by molar-refractivity contribution is -0.139. The third-order valence-electron chi connectivity index (χ3n) is 6.80. The number of nitrogens with zero attached hydrogens (tertiary/aromatic N) is 1. The van der Waals surface area contributed by atoms with Crippen molar-refractivity contribution in [3.63, 3.8) is 0 Å². The van der Waals surface area contributed by atoms with Crippen LogP contribution in [0.5, 0.6) is 0 Å². The van der Waals surface area contributed by atoms with Gasteiger partial charge in [0.25, 0.3) is 0 Å². The van der Waals surface area contributed by atoms with Gasteiger partial charge in [0.1, 0.15) is 11.9 Å². The first-order valence-corrected chi connectivity index (χ1v) is 12.2. The summed E-state index contributed by atoms with van der Waals surface area (Å²) in [4.78, 5) is 37.4. The molecule has 1 heterocycles. The first-order valence-electron chi connectivity index (χ1n) is 12.2. The molecule has 2 aromatic carbocycles. The first-order chi connectivity index (χ1) is 18.0. The third kappa shape index (κ3) is 6.93. The number of anilines is 2. The van der Waals surface area contributed by atoms with Gasteiger partial charge in [-0.3, -0.25) is 4.79 Å². The van der Waals surface area contributed by atoms with Crippen molar-refractivity contribution in [2.75, 3.05) is 17.2 Å². The maximum Gasteiger partial charge on any atom is 0.416 e. The highest BCUT2D eigenvalue weighted by atomic mass is 19.4. The number of hydrogen-bond donors (Lipinski definition) is 3. The number of carboxylic acids is 1. The van der Waals surface area contributed by atoms with Gasteiger partial charge in [0.05, 0.1) is 11.3 Å². The van der Waals surface area contributed by atoms with Crippen LogP contribution in [0.3, 0.4) is 0 Å². The van der Waals surface area contributed by atoms with Gasteiger partial charge in [0, 0.05) is 25.2 Å². The maximum absolute atomic E-state index is 14.0. The van der Waals surface area contributed by atoms with Crippen LogP contribution in [0.15, 0.2) is 36.4 Å². The van der Waals surface area contributed by atoms with Crippen molar-refractivity contribution in [3.05, 3.63) is 58.9 Å². The highest BCUT2D eigenvalue weighted by molar-refractivity contribution is 5.99. The highest BCUT2D eigenvalue weighted by Crippen LogP contribution is 2.32. The second-order valence-electron chi connectivity index (χ2n) is 9.55. The molecule has 3 amide bonds. The minimum Gasteiger partial charge on any atom is -0.481 e. The molecule has 0 bridgehead atoms. The van der Waals surface area contributed by atoms with Crippen molar-refractivity contribution in [1.29, 1.82) is 0 Å². The summed E-state index contributed by atoms with van der Waals surface area (Å²) >= 11 is 0. The van der Waals surface area contributed by atoms with Crippen LogP contribution in [0.2, 0.25) is 0 Å². The molecule has 2 aromatic rings. The second kappa shape index (κ2) is 11.3. The maximum atomic E-state index is 14.0. The molecule has 0 unspecified atom stereocenters. The number of urea groups is 1. The van der Waals surface area contributed by atoms with Crippen LogP contribution in [0.4, 0.5) is 38.5 Å². The Bertz CT molecular complexity index is 1210. The van der Waals surface area contributed by atoms with Crippen LogP contribution >= 0.6 is 0 Å². The lowest BCUT2D eigenvalue weighted by atomic mass is 9.85. The van der Waals surface area contributed by atoms with Gasteiger partial charge >= 0.3 is 24.3 Å². The normalized spacial score (nSPS) is 19.3. The lowest BCUT2D eigenvalue weighted by Gasteiger charge is -2.32. The number of alkyl halides is 3. The molecule has 2 aliphatic rings. The van der Waals surface area contributed by atoms with Gasteiger partial charge in [-0.25, -0.2) is 14.0 Å². The summed E-state index contributed by atoms with van der Waals surface area (Å²) in [5.74, 6) is -1.91. The zero-order valence-corrected chi connectivity index (χ0v) is 20.3. The number of fused-ring (bicyclic) bond motifs is 1. The predicted molar refractivity (Wildman–Crippen MR) is 129 cm³/mol. The van der Waals surface area contributed by atoms with E-state index in [0.29, 0.717) is 63.0 Å². The van der Waals surface area contributed by atoms with Crippen molar-refractivity contribution in [1.82, 2.24) is 4.90 Å². The Morgan fingerprint density at radius 1 is 1.00 bits per heavy atom. The van der Waals surface area contributed by atoms with E-state index in [1.165, 1.54) is 0 Å². The standard InChI is InChI=1S/C26H27F4N3O5/c27-21-13-18(26(28,29)30)4-8-22(21)32-24(36)31-19-5-3-17-14-33(10-9-16(17)12-19)25(37)38-20-6-1-15(2-7-20)11-23(34)35/h3-5,8,12-13,15,20H,1-2,6-7,9-11,14H2,(H,34,35)(H2,31,32,36)/t15-,20-. The van der Waals surface area contributed by atoms with E-state index in [2.05, 4.69) is 10.6 Å². The molecule has 0 radical (unpaired) electrons. The number of nitrogens with one attached hydrogen (secondary N) is 2. The van der Waals surface area contributed by atoms with Crippen LogP contribution < -0.4 is 10.6 Å². The van der Waals surface area contributed by atoms with Crippen LogP contribution in [0.1, 0.15) is 48.8 Å². The van der Waals surface area contributed by atoms with Gasteiger partial charge in [-0.1, -0.05) is 6.07 Å². The number of amides is 3. The Labute approximate surface area is 216 Å². The number of halogens is 4. The molecule has 1 saturated carbocycles. The van der Waals surface area contributed by atoms with Gasteiger partial charge in [-0.15, -0.1) is 0 Å². The summed E-state index contributed by atoms with van der Waals surface area (Å²) in [6.45, 7) is 0.734. The lowest BCUT2D eigenvalue weighted by Crippen LogP contribution is -2.39. The molecule has 1 aliphatic heterocycles. The molecule has 12 heteroatoms. The van der Waals surface area contributed by atoms with Crippen molar-refractivity contribution >= 4 is 29.5 Å². The fourth-order valence-corrected chi connectivity index (χ4v) is 4.78. The van der Waals surface area contributed by atoms with E-state index in [0.717, 1.165) is 17.2 Å². The van der Waals surface area contributed by atoms with Gasteiger partial charge in [-0.05, 0) is 79.5 Å². The Morgan fingerprint density at radius 3 is 2.39 bits per heavy atom. The average molecular weight is 538 g/mol. The van der Waals surface area contributed by atoms with Crippen LogP contribution in [-0.4, -0.2) is 40.7 Å². The second-order valence-corrected chi connectivity index (χ2v) is 9.55. The molecule has 4 rings (SSSR count). The van der Waals surface area contributed by atoms with Gasteiger partial charge < -0.3 is 25.4 Å². The molecule has 0 aromatic heterocycles. The molecule has 0 saturated heterocycles. The van der Waals surface area contributed by atoms with E-state index in [9.17, 15) is 31.9 Å². The van der Waals surface area contributed by atoms with Crippen molar-refractivity contribution in [2.45, 2.75) is 57.3 Å². The monoisotopic (exact) mass is 537 g/mol. The van der Waals surface area contributed by atoms with Crippen LogP contribution in [0, 0.1) is 11.7 Å². The average Bonchev–Trinajstić information content (AvgIpc) is 2.85. The Balaban J connectivity index is 1.28. The summed E-state index contributed by atoms with van der Waals surface area (Å²) in [6, 6.07) is 6.11. The molecule has 3 N–H and O–H groups in total. The summed E-state index contributed by atoms with van der Waals surface area (Å²) in [5.41, 5.74) is 0.636. The summed E-state index contributed by atoms with van der Waals surface area (Å²) in [7, 11) is 0. The van der Waals surface area contributed by atoms with E-state index in [4.69, 9.17) is 9.84 Å². The minimum absolute atomic E-state index is 0.114. The SMILES string of the molecule is O=C(O)C[C@H]1CC[C@H](OC(=O)N2CCc3cc(NC(=O)Nc4ccc(C(F)(F)F)cc4F)ccc3C2)CC1. The molecule has 8 nitrogen and oxygen atoms in total. The molecule has 1 fully saturated rings. The van der Waals surface area contributed by atoms with E-state index in [1.54, 1.807) is 23.1 Å². The minimum atomic E-state index is -4.69. The number of rotatable bonds is 5. The number of aliphatic carboxylic acids is 1. The molecule has 38 heavy (non-hydrogen) atoms. The first kappa shape index (κ1) is 27.2. The van der Waals surface area contributed by atoms with Crippen LogP contribution in [-0.2, 0) is 28.7 Å². The van der Waals surface area contributed by atoms with Crippen molar-refractivity contribution in [2.24, 2.45) is 5.92 Å². The third-order valence-corrected chi connectivity index (χ3v) is 6.80. The van der Waals surface area contributed by atoms with E-state index in [1.807, 2.05) is 0 Å².